The number of carbonyl (C=O) groups is 1. The van der Waals surface area contributed by atoms with E-state index in [1.54, 1.807) is 0 Å². The maximum absolute atomic E-state index is 9.62. The van der Waals surface area contributed by atoms with E-state index in [1.807, 2.05) is 0 Å². The van der Waals surface area contributed by atoms with Gasteiger partial charge in [0.1, 0.15) is 0 Å². The molecule has 0 bridgehead atoms. The zero-order chi connectivity index (χ0) is 4.99. The molecule has 0 spiro atoms. The fourth-order valence-corrected chi connectivity index (χ4v) is 0.0935. The SMILES string of the molecule is [C-]#[N+]C(=O)[N]=[Pd]. The van der Waals surface area contributed by atoms with Crippen molar-refractivity contribution >= 4 is 6.03 Å². The molecular weight excluding hydrogens is 174 g/mol. The van der Waals surface area contributed by atoms with Crippen LogP contribution in [0.15, 0.2) is 3.57 Å². The number of nitrogens with zero attached hydrogens (tertiary/aromatic N) is 2. The normalized spacial score (nSPS) is 6.17. The molecule has 0 aromatic carbocycles. The van der Waals surface area contributed by atoms with Gasteiger partial charge in [0.2, 0.25) is 0 Å². The molecule has 3 nitrogen and oxygen atoms in total. The molecule has 2 amide bonds. The van der Waals surface area contributed by atoms with Gasteiger partial charge >= 0.3 is 44.8 Å². The summed E-state index contributed by atoms with van der Waals surface area (Å²) >= 11 is 2.21. The molecule has 6 heavy (non-hydrogen) atoms. The number of urea groups is 1. The van der Waals surface area contributed by atoms with E-state index in [2.05, 4.69) is 27.4 Å². The van der Waals surface area contributed by atoms with Gasteiger partial charge in [-0.3, -0.25) is 0 Å². The Balaban J connectivity index is 3.63. The quantitative estimate of drug-likeness (QED) is 0.394. The first-order chi connectivity index (χ1) is 2.81. The predicted molar refractivity (Wildman–Crippen MR) is 14.4 cm³/mol. The Morgan fingerprint density at radius 3 is 2.50 bits per heavy atom. The van der Waals surface area contributed by atoms with E-state index in [1.165, 1.54) is 0 Å². The van der Waals surface area contributed by atoms with Gasteiger partial charge in [-0.05, 0) is 0 Å². The van der Waals surface area contributed by atoms with Gasteiger partial charge in [0.05, 0.1) is 0 Å². The zero-order valence-corrected chi connectivity index (χ0v) is 4.17. The first-order valence-electron chi connectivity index (χ1n) is 1.02. The van der Waals surface area contributed by atoms with Crippen LogP contribution in [-0.2, 0) is 19.0 Å². The van der Waals surface area contributed by atoms with Crippen molar-refractivity contribution in [1.29, 1.82) is 0 Å². The fourth-order valence-electron chi connectivity index (χ4n) is 0.0158. The second-order valence-electron chi connectivity index (χ2n) is 0.465. The Morgan fingerprint density at radius 2 is 2.50 bits per heavy atom. The topological polar surface area (TPSA) is 33.8 Å². The second kappa shape index (κ2) is 2.84. The predicted octanol–water partition coefficient (Wildman–Crippen LogP) is 0.756. The standard InChI is InChI=1S/C2N2O.Pd/c1-4-2(3)5;. The minimum absolute atomic E-state index is 0.807. The van der Waals surface area contributed by atoms with Crippen LogP contribution in [0.5, 0.6) is 0 Å². The monoisotopic (exact) mass is 174 g/mol. The third-order valence-corrected chi connectivity index (χ3v) is 0.454. The Morgan fingerprint density at radius 1 is 2.00 bits per heavy atom. The molecule has 0 rings (SSSR count). The molecule has 0 heterocycles. The summed E-state index contributed by atoms with van der Waals surface area (Å²) in [4.78, 5) is 12.0. The molecule has 0 atom stereocenters. The molecule has 0 aliphatic heterocycles. The number of amides is 2. The summed E-state index contributed by atoms with van der Waals surface area (Å²) in [5.74, 6) is 0. The molecule has 0 aromatic heterocycles. The molecular formula is C2N2OPd. The summed E-state index contributed by atoms with van der Waals surface area (Å²) in [7, 11) is 0. The van der Waals surface area contributed by atoms with E-state index in [0.29, 0.717) is 0 Å². The summed E-state index contributed by atoms with van der Waals surface area (Å²) in [6.07, 6.45) is 0. The Labute approximate surface area is 45.4 Å². The van der Waals surface area contributed by atoms with Crippen LogP contribution in [0.4, 0.5) is 4.79 Å². The summed E-state index contributed by atoms with van der Waals surface area (Å²) < 4.78 is 2.86. The third-order valence-electron chi connectivity index (χ3n) is 0.156. The molecule has 0 aliphatic rings. The molecule has 0 unspecified atom stereocenters. The van der Waals surface area contributed by atoms with Crippen molar-refractivity contribution in [2.75, 3.05) is 0 Å². The van der Waals surface area contributed by atoms with Gasteiger partial charge in [0.15, 0.2) is 0 Å². The average Bonchev–Trinajstić information content (AvgIpc) is 1.65. The number of hydrogen-bond donors (Lipinski definition) is 0. The summed E-state index contributed by atoms with van der Waals surface area (Å²) in [6, 6.07) is -0.807. The van der Waals surface area contributed by atoms with Crippen molar-refractivity contribution in [2.45, 2.75) is 0 Å². The number of hydrogen-bond acceptors (Lipinski definition) is 1. The summed E-state index contributed by atoms with van der Waals surface area (Å²) in [5.41, 5.74) is 0. The fraction of sp³-hybridized carbons (Fsp3) is 0. The molecule has 34 valence electrons. The molecule has 0 saturated carbocycles. The minimum atomic E-state index is -0.807. The van der Waals surface area contributed by atoms with Crippen molar-refractivity contribution < 1.29 is 23.8 Å². The average molecular weight is 174 g/mol. The number of carbonyl (C=O) groups excluding carboxylic acids is 1. The van der Waals surface area contributed by atoms with Crippen LogP contribution >= 0.6 is 0 Å². The first kappa shape index (κ1) is 5.62. The van der Waals surface area contributed by atoms with E-state index >= 15 is 0 Å². The molecule has 0 aliphatic carbocycles. The first-order valence-corrected chi connectivity index (χ1v) is 1.71. The van der Waals surface area contributed by atoms with Crippen LogP contribution in [0.25, 0.3) is 4.85 Å². The molecule has 0 fully saturated rings. The molecule has 0 aromatic rings. The molecule has 4 heteroatoms. The Hall–Kier alpha value is -0.378. The van der Waals surface area contributed by atoms with E-state index in [-0.39, 0.29) is 0 Å². The van der Waals surface area contributed by atoms with E-state index in [0.717, 1.165) is 0 Å². The van der Waals surface area contributed by atoms with Crippen LogP contribution in [0.1, 0.15) is 0 Å². The van der Waals surface area contributed by atoms with Gasteiger partial charge in [-0.25, -0.2) is 0 Å². The van der Waals surface area contributed by atoms with Gasteiger partial charge in [0.25, 0.3) is 0 Å². The van der Waals surface area contributed by atoms with Crippen molar-refractivity contribution in [3.05, 3.63) is 11.4 Å². The zero-order valence-electron chi connectivity index (χ0n) is 2.62. The van der Waals surface area contributed by atoms with Crippen molar-refractivity contribution in [3.8, 4) is 0 Å². The second-order valence-corrected chi connectivity index (χ2v) is 0.813. The Kier molecular flexibility index (Phi) is 2.66. The van der Waals surface area contributed by atoms with E-state index < -0.39 is 6.03 Å². The van der Waals surface area contributed by atoms with Crippen LogP contribution in [0, 0.1) is 6.57 Å². The molecule has 0 N–H and O–H groups in total. The van der Waals surface area contributed by atoms with Crippen LogP contribution in [0.2, 0.25) is 0 Å². The molecule has 0 radical (unpaired) electrons. The molecule has 0 saturated heterocycles. The summed E-state index contributed by atoms with van der Waals surface area (Å²) in [5, 5.41) is 0. The van der Waals surface area contributed by atoms with E-state index in [9.17, 15) is 4.79 Å². The van der Waals surface area contributed by atoms with Crippen molar-refractivity contribution in [2.24, 2.45) is 3.57 Å². The maximum atomic E-state index is 9.62. The Bertz CT molecular complexity index is 113. The van der Waals surface area contributed by atoms with Gasteiger partial charge in [0, 0.05) is 0 Å². The van der Waals surface area contributed by atoms with Gasteiger partial charge in [-0.15, -0.1) is 0 Å². The van der Waals surface area contributed by atoms with Gasteiger partial charge < -0.3 is 0 Å². The van der Waals surface area contributed by atoms with Gasteiger partial charge in [-0.2, -0.15) is 0 Å². The van der Waals surface area contributed by atoms with Crippen molar-refractivity contribution in [3.63, 3.8) is 0 Å². The summed E-state index contributed by atoms with van der Waals surface area (Å²) in [6.45, 7) is 5.97. The van der Waals surface area contributed by atoms with Crippen LogP contribution in [-0.4, -0.2) is 6.03 Å². The third kappa shape index (κ3) is 1.90. The van der Waals surface area contributed by atoms with Crippen LogP contribution in [0.3, 0.4) is 0 Å². The van der Waals surface area contributed by atoms with Crippen molar-refractivity contribution in [1.82, 2.24) is 0 Å². The van der Waals surface area contributed by atoms with Crippen LogP contribution < -0.4 is 0 Å². The van der Waals surface area contributed by atoms with Gasteiger partial charge in [-0.1, -0.05) is 0 Å². The number of rotatable bonds is 0. The van der Waals surface area contributed by atoms with E-state index in [4.69, 9.17) is 6.57 Å².